The molecule has 0 bridgehead atoms. The monoisotopic (exact) mass is 329 g/mol. The van der Waals surface area contributed by atoms with Gasteiger partial charge in [0.2, 0.25) is 0 Å². The maximum Gasteiger partial charge on any atom is 0.158 e. The van der Waals surface area contributed by atoms with Crippen LogP contribution in [0.25, 0.3) is 16.6 Å². The minimum absolute atomic E-state index is 0.330. The average molecular weight is 329 g/mol. The van der Waals surface area contributed by atoms with Gasteiger partial charge in [-0.1, -0.05) is 18.2 Å². The van der Waals surface area contributed by atoms with Crippen LogP contribution in [0.15, 0.2) is 54.9 Å². The Morgan fingerprint density at radius 2 is 2.04 bits per heavy atom. The van der Waals surface area contributed by atoms with Crippen LogP contribution in [0, 0.1) is 6.92 Å². The smallest absolute Gasteiger partial charge is 0.158 e. The summed E-state index contributed by atoms with van der Waals surface area (Å²) in [5.74, 6) is 1.05. The van der Waals surface area contributed by atoms with Crippen molar-refractivity contribution < 1.29 is 0 Å². The van der Waals surface area contributed by atoms with Crippen LogP contribution in [0.1, 0.15) is 30.1 Å². The Bertz CT molecular complexity index is 1050. The van der Waals surface area contributed by atoms with E-state index >= 15 is 0 Å². The highest BCUT2D eigenvalue weighted by molar-refractivity contribution is 5.92. The summed E-state index contributed by atoms with van der Waals surface area (Å²) in [5.41, 5.74) is 4.26. The molecule has 1 aromatic carbocycles. The zero-order valence-electron chi connectivity index (χ0n) is 14.1. The van der Waals surface area contributed by atoms with Crippen molar-refractivity contribution in [2.24, 2.45) is 0 Å². The third-order valence-corrected chi connectivity index (χ3v) is 5.00. The number of nitrogens with zero attached hydrogens (tertiary/aromatic N) is 5. The van der Waals surface area contributed by atoms with Gasteiger partial charge >= 0.3 is 0 Å². The molecule has 5 rings (SSSR count). The fourth-order valence-corrected chi connectivity index (χ4v) is 3.92. The third-order valence-electron chi connectivity index (χ3n) is 5.00. The number of hydrogen-bond donors (Lipinski definition) is 0. The Labute approximate surface area is 145 Å². The molecular formula is C20H19N5. The van der Waals surface area contributed by atoms with Crippen LogP contribution in [0.3, 0.4) is 0 Å². The lowest BCUT2D eigenvalue weighted by molar-refractivity contribution is 0.710. The second-order valence-electron chi connectivity index (χ2n) is 6.65. The molecule has 0 N–H and O–H groups in total. The van der Waals surface area contributed by atoms with Gasteiger partial charge in [-0.3, -0.25) is 4.98 Å². The number of pyridine rings is 1. The minimum Gasteiger partial charge on any atom is -0.349 e. The number of rotatable bonds is 2. The van der Waals surface area contributed by atoms with Crippen molar-refractivity contribution in [1.82, 2.24) is 19.6 Å². The molecule has 5 heteroatoms. The van der Waals surface area contributed by atoms with Crippen molar-refractivity contribution >= 4 is 22.4 Å². The predicted molar refractivity (Wildman–Crippen MR) is 98.8 cm³/mol. The van der Waals surface area contributed by atoms with E-state index in [1.54, 1.807) is 0 Å². The van der Waals surface area contributed by atoms with Crippen molar-refractivity contribution in [2.45, 2.75) is 25.8 Å². The lowest BCUT2D eigenvalue weighted by Gasteiger charge is -2.27. The summed E-state index contributed by atoms with van der Waals surface area (Å²) in [5, 5.41) is 5.76. The average Bonchev–Trinajstić information content (AvgIpc) is 3.27. The molecule has 0 radical (unpaired) electrons. The molecule has 0 spiro atoms. The molecule has 3 aromatic heterocycles. The number of aryl methyl sites for hydroxylation is 1. The summed E-state index contributed by atoms with van der Waals surface area (Å²) < 4.78 is 1.95. The highest BCUT2D eigenvalue weighted by Crippen LogP contribution is 2.38. The molecule has 4 aromatic rings. The molecular weight excluding hydrogens is 310 g/mol. The molecule has 0 amide bonds. The Balaban J connectivity index is 1.73. The van der Waals surface area contributed by atoms with E-state index in [0.29, 0.717) is 6.04 Å². The summed E-state index contributed by atoms with van der Waals surface area (Å²) in [7, 11) is 0. The van der Waals surface area contributed by atoms with Crippen molar-refractivity contribution in [2.75, 3.05) is 11.4 Å². The quantitative estimate of drug-likeness (QED) is 0.559. The normalized spacial score (nSPS) is 17.6. The number of hydrogen-bond acceptors (Lipinski definition) is 4. The number of aromatic nitrogens is 4. The first-order chi connectivity index (χ1) is 12.3. The molecule has 0 aliphatic carbocycles. The van der Waals surface area contributed by atoms with Gasteiger partial charge in [0.1, 0.15) is 5.82 Å². The molecule has 1 atom stereocenters. The van der Waals surface area contributed by atoms with Gasteiger partial charge in [0.15, 0.2) is 5.65 Å². The van der Waals surface area contributed by atoms with Gasteiger partial charge in [-0.25, -0.2) is 9.50 Å². The fourth-order valence-electron chi connectivity index (χ4n) is 3.92. The predicted octanol–water partition coefficient (Wildman–Crippen LogP) is 3.93. The highest BCUT2D eigenvalue weighted by Gasteiger charge is 2.29. The lowest BCUT2D eigenvalue weighted by atomic mass is 10.1. The number of fused-ring (bicyclic) bond motifs is 3. The molecule has 1 aliphatic rings. The Morgan fingerprint density at radius 1 is 1.12 bits per heavy atom. The van der Waals surface area contributed by atoms with Gasteiger partial charge in [0.05, 0.1) is 17.3 Å². The van der Waals surface area contributed by atoms with E-state index in [4.69, 9.17) is 4.98 Å². The standard InChI is InChI=1S/C20H19N5/c1-14-12-19-22-20(16-7-2-3-8-18(16)25(19)23-14)24-11-5-9-17(24)15-6-4-10-21-13-15/h2-4,6-8,10,12-13,17H,5,9,11H2,1H3. The van der Waals surface area contributed by atoms with Crippen LogP contribution in [0.4, 0.5) is 5.82 Å². The van der Waals surface area contributed by atoms with Crippen LogP contribution in [-0.4, -0.2) is 26.1 Å². The number of para-hydroxylation sites is 1. The van der Waals surface area contributed by atoms with E-state index in [0.717, 1.165) is 41.0 Å². The van der Waals surface area contributed by atoms with Crippen molar-refractivity contribution in [3.8, 4) is 0 Å². The fraction of sp³-hybridized carbons (Fsp3) is 0.250. The minimum atomic E-state index is 0.330. The van der Waals surface area contributed by atoms with Gasteiger partial charge in [0, 0.05) is 30.4 Å². The van der Waals surface area contributed by atoms with Crippen molar-refractivity contribution in [3.05, 3.63) is 66.1 Å². The summed E-state index contributed by atoms with van der Waals surface area (Å²) >= 11 is 0. The van der Waals surface area contributed by atoms with Crippen molar-refractivity contribution in [3.63, 3.8) is 0 Å². The number of benzene rings is 1. The second kappa shape index (κ2) is 5.55. The molecule has 1 aliphatic heterocycles. The van der Waals surface area contributed by atoms with Gasteiger partial charge in [-0.05, 0) is 43.5 Å². The van der Waals surface area contributed by atoms with E-state index < -0.39 is 0 Å². The summed E-state index contributed by atoms with van der Waals surface area (Å²) in [6.45, 7) is 3.03. The zero-order valence-corrected chi connectivity index (χ0v) is 14.1. The maximum absolute atomic E-state index is 4.99. The van der Waals surface area contributed by atoms with Crippen LogP contribution < -0.4 is 4.90 Å². The van der Waals surface area contributed by atoms with E-state index in [2.05, 4.69) is 45.3 Å². The molecule has 124 valence electrons. The lowest BCUT2D eigenvalue weighted by Crippen LogP contribution is -2.24. The summed E-state index contributed by atoms with van der Waals surface area (Å²) in [4.78, 5) is 11.7. The molecule has 1 fully saturated rings. The zero-order chi connectivity index (χ0) is 16.8. The van der Waals surface area contributed by atoms with Gasteiger partial charge in [0.25, 0.3) is 0 Å². The molecule has 25 heavy (non-hydrogen) atoms. The van der Waals surface area contributed by atoms with Crippen LogP contribution in [0.2, 0.25) is 0 Å². The molecule has 0 saturated carbocycles. The summed E-state index contributed by atoms with van der Waals surface area (Å²) in [6.07, 6.45) is 6.11. The van der Waals surface area contributed by atoms with Crippen LogP contribution in [0.5, 0.6) is 0 Å². The summed E-state index contributed by atoms with van der Waals surface area (Å²) in [6, 6.07) is 15.0. The van der Waals surface area contributed by atoms with Gasteiger partial charge in [-0.2, -0.15) is 5.10 Å². The maximum atomic E-state index is 4.99. The number of anilines is 1. The first kappa shape index (κ1) is 14.4. The molecule has 1 unspecified atom stereocenters. The Hall–Kier alpha value is -2.95. The largest absolute Gasteiger partial charge is 0.349 e. The highest BCUT2D eigenvalue weighted by atomic mass is 15.3. The van der Waals surface area contributed by atoms with Gasteiger partial charge in [-0.15, -0.1) is 0 Å². The van der Waals surface area contributed by atoms with E-state index in [-0.39, 0.29) is 0 Å². The van der Waals surface area contributed by atoms with E-state index in [1.165, 1.54) is 12.0 Å². The SMILES string of the molecule is Cc1cc2nc(N3CCCC3c3cccnc3)c3ccccc3n2n1. The van der Waals surface area contributed by atoms with E-state index in [1.807, 2.05) is 36.0 Å². The van der Waals surface area contributed by atoms with Crippen LogP contribution in [-0.2, 0) is 0 Å². The molecule has 4 heterocycles. The Morgan fingerprint density at radius 3 is 2.92 bits per heavy atom. The first-order valence-corrected chi connectivity index (χ1v) is 8.73. The van der Waals surface area contributed by atoms with Crippen LogP contribution >= 0.6 is 0 Å². The third kappa shape index (κ3) is 2.27. The molecule has 5 nitrogen and oxygen atoms in total. The van der Waals surface area contributed by atoms with Gasteiger partial charge < -0.3 is 4.90 Å². The first-order valence-electron chi connectivity index (χ1n) is 8.73. The van der Waals surface area contributed by atoms with Crippen molar-refractivity contribution in [1.29, 1.82) is 0 Å². The van der Waals surface area contributed by atoms with E-state index in [9.17, 15) is 0 Å². The topological polar surface area (TPSA) is 46.3 Å². The second-order valence-corrected chi connectivity index (χ2v) is 6.65. The Kier molecular flexibility index (Phi) is 3.20. The molecule has 1 saturated heterocycles.